The van der Waals surface area contributed by atoms with E-state index in [0.717, 1.165) is 0 Å². The lowest BCUT2D eigenvalue weighted by molar-refractivity contribution is -0.136. The SMILES string of the molecule is COC(=O)C1=CC=C(/C(=N\O)c2ccc(C(=O)OC)cc2)C=CC1. The number of benzene rings is 1. The first kappa shape index (κ1) is 17.2. The van der Waals surface area contributed by atoms with Gasteiger partial charge in [-0.2, -0.15) is 0 Å². The standard InChI is InChI=1S/C18H17NO5/c1-23-17(20)14-5-3-4-12(6-9-14)16(19-22)13-7-10-15(11-8-13)18(21)24-2/h3-4,6-11,22H,5H2,1-2H3/b19-16+. The van der Waals surface area contributed by atoms with Gasteiger partial charge in [0.2, 0.25) is 0 Å². The Morgan fingerprint density at radius 1 is 1.00 bits per heavy atom. The van der Waals surface area contributed by atoms with Crippen molar-refractivity contribution in [3.05, 3.63) is 70.8 Å². The first-order chi connectivity index (χ1) is 11.6. The third-order valence-corrected chi connectivity index (χ3v) is 3.50. The van der Waals surface area contributed by atoms with E-state index < -0.39 is 11.9 Å². The molecule has 1 aromatic rings. The van der Waals surface area contributed by atoms with Gasteiger partial charge in [0, 0.05) is 16.7 Å². The molecule has 0 heterocycles. The Morgan fingerprint density at radius 3 is 2.21 bits per heavy atom. The predicted octanol–water partition coefficient (Wildman–Crippen LogP) is 2.64. The summed E-state index contributed by atoms with van der Waals surface area (Å²) < 4.78 is 9.35. The van der Waals surface area contributed by atoms with Gasteiger partial charge >= 0.3 is 11.9 Å². The summed E-state index contributed by atoms with van der Waals surface area (Å²) in [6.45, 7) is 0. The molecule has 0 aromatic heterocycles. The molecule has 24 heavy (non-hydrogen) atoms. The van der Waals surface area contributed by atoms with Crippen LogP contribution in [0.2, 0.25) is 0 Å². The van der Waals surface area contributed by atoms with Gasteiger partial charge in [-0.3, -0.25) is 0 Å². The molecule has 0 aliphatic heterocycles. The van der Waals surface area contributed by atoms with Gasteiger partial charge in [-0.05, 0) is 18.6 Å². The number of ether oxygens (including phenoxy) is 2. The molecule has 2 rings (SSSR count). The van der Waals surface area contributed by atoms with E-state index in [1.165, 1.54) is 14.2 Å². The van der Waals surface area contributed by atoms with Crippen LogP contribution in [0.5, 0.6) is 0 Å². The molecule has 0 bridgehead atoms. The molecule has 0 spiro atoms. The summed E-state index contributed by atoms with van der Waals surface area (Å²) in [7, 11) is 2.63. The fourth-order valence-corrected chi connectivity index (χ4v) is 2.23. The van der Waals surface area contributed by atoms with E-state index >= 15 is 0 Å². The fraction of sp³-hybridized carbons (Fsp3) is 0.167. The second-order valence-electron chi connectivity index (χ2n) is 4.93. The number of carbonyl (C=O) groups is 2. The van der Waals surface area contributed by atoms with Gasteiger partial charge in [0.25, 0.3) is 0 Å². The molecular weight excluding hydrogens is 310 g/mol. The van der Waals surface area contributed by atoms with E-state index in [0.29, 0.717) is 34.4 Å². The van der Waals surface area contributed by atoms with Crippen molar-refractivity contribution in [3.63, 3.8) is 0 Å². The maximum absolute atomic E-state index is 11.6. The second-order valence-corrected chi connectivity index (χ2v) is 4.93. The fourth-order valence-electron chi connectivity index (χ4n) is 2.23. The summed E-state index contributed by atoms with van der Waals surface area (Å²) in [5, 5.41) is 12.7. The number of esters is 2. The largest absolute Gasteiger partial charge is 0.466 e. The first-order valence-corrected chi connectivity index (χ1v) is 7.17. The molecule has 1 aromatic carbocycles. The number of allylic oxidation sites excluding steroid dienone is 5. The molecule has 1 aliphatic rings. The Hall–Kier alpha value is -3.15. The van der Waals surface area contributed by atoms with Crippen LogP contribution in [0.15, 0.2) is 64.9 Å². The maximum Gasteiger partial charge on any atom is 0.337 e. The topological polar surface area (TPSA) is 85.2 Å². The minimum absolute atomic E-state index is 0.324. The van der Waals surface area contributed by atoms with Gasteiger partial charge in [-0.1, -0.05) is 41.6 Å². The van der Waals surface area contributed by atoms with Crippen molar-refractivity contribution in [2.75, 3.05) is 14.2 Å². The Morgan fingerprint density at radius 2 is 1.62 bits per heavy atom. The van der Waals surface area contributed by atoms with Crippen LogP contribution in [0.1, 0.15) is 22.3 Å². The second kappa shape index (κ2) is 7.92. The first-order valence-electron chi connectivity index (χ1n) is 7.17. The smallest absolute Gasteiger partial charge is 0.337 e. The average Bonchev–Trinajstić information content (AvgIpc) is 2.88. The minimum atomic E-state index is -0.441. The van der Waals surface area contributed by atoms with Gasteiger partial charge in [-0.25, -0.2) is 9.59 Å². The zero-order valence-electron chi connectivity index (χ0n) is 13.4. The van der Waals surface area contributed by atoms with Gasteiger partial charge in [0.15, 0.2) is 0 Å². The summed E-state index contributed by atoms with van der Waals surface area (Å²) >= 11 is 0. The third-order valence-electron chi connectivity index (χ3n) is 3.50. The quantitative estimate of drug-likeness (QED) is 0.398. The van der Waals surface area contributed by atoms with Crippen LogP contribution in [0, 0.1) is 0 Å². The average molecular weight is 327 g/mol. The highest BCUT2D eigenvalue weighted by molar-refractivity contribution is 6.14. The molecule has 0 radical (unpaired) electrons. The molecule has 1 N–H and O–H groups in total. The van der Waals surface area contributed by atoms with Gasteiger partial charge in [0.05, 0.1) is 19.8 Å². The summed E-state index contributed by atoms with van der Waals surface area (Å²) in [6, 6.07) is 6.49. The van der Waals surface area contributed by atoms with E-state index in [1.807, 2.05) is 0 Å². The predicted molar refractivity (Wildman–Crippen MR) is 88.0 cm³/mol. The summed E-state index contributed by atoms with van der Waals surface area (Å²) in [4.78, 5) is 23.1. The van der Waals surface area contributed by atoms with Crippen LogP contribution < -0.4 is 0 Å². The number of methoxy groups -OCH3 is 2. The van der Waals surface area contributed by atoms with Crippen molar-refractivity contribution in [1.29, 1.82) is 0 Å². The van der Waals surface area contributed by atoms with Crippen LogP contribution in [-0.4, -0.2) is 37.1 Å². The van der Waals surface area contributed by atoms with E-state index in [9.17, 15) is 14.8 Å². The zero-order chi connectivity index (χ0) is 17.5. The van der Waals surface area contributed by atoms with Crippen LogP contribution in [0.3, 0.4) is 0 Å². The normalized spacial score (nSPS) is 14.3. The molecular formula is C18H17NO5. The molecule has 0 amide bonds. The highest BCUT2D eigenvalue weighted by Gasteiger charge is 2.14. The molecule has 124 valence electrons. The lowest BCUT2D eigenvalue weighted by Gasteiger charge is -2.06. The van der Waals surface area contributed by atoms with Crippen LogP contribution >= 0.6 is 0 Å². The lowest BCUT2D eigenvalue weighted by atomic mass is 10.0. The Balaban J connectivity index is 2.32. The summed E-state index contributed by atoms with van der Waals surface area (Å²) in [5.74, 6) is -0.842. The molecule has 0 fully saturated rings. The number of carbonyl (C=O) groups excluding carboxylic acids is 2. The minimum Gasteiger partial charge on any atom is -0.466 e. The molecule has 0 unspecified atom stereocenters. The van der Waals surface area contributed by atoms with Gasteiger partial charge in [-0.15, -0.1) is 0 Å². The van der Waals surface area contributed by atoms with E-state index in [2.05, 4.69) is 9.89 Å². The monoisotopic (exact) mass is 327 g/mol. The molecule has 0 saturated carbocycles. The Bertz CT molecular complexity index is 754. The van der Waals surface area contributed by atoms with Crippen LogP contribution in [0.25, 0.3) is 0 Å². The number of hydrogen-bond donors (Lipinski definition) is 1. The molecule has 1 aliphatic carbocycles. The van der Waals surface area contributed by atoms with Crippen molar-refractivity contribution in [3.8, 4) is 0 Å². The van der Waals surface area contributed by atoms with E-state index in [1.54, 1.807) is 48.6 Å². The Labute approximate surface area is 139 Å². The third kappa shape index (κ3) is 3.78. The number of oxime groups is 1. The molecule has 6 heteroatoms. The zero-order valence-corrected chi connectivity index (χ0v) is 13.4. The van der Waals surface area contributed by atoms with Crippen molar-refractivity contribution in [1.82, 2.24) is 0 Å². The Kier molecular flexibility index (Phi) is 5.68. The van der Waals surface area contributed by atoms with Gasteiger partial charge in [0.1, 0.15) is 5.71 Å². The number of nitrogens with zero attached hydrogens (tertiary/aromatic N) is 1. The maximum atomic E-state index is 11.6. The van der Waals surface area contributed by atoms with E-state index in [-0.39, 0.29) is 0 Å². The van der Waals surface area contributed by atoms with Crippen molar-refractivity contribution >= 4 is 17.7 Å². The van der Waals surface area contributed by atoms with Crippen molar-refractivity contribution in [2.45, 2.75) is 6.42 Å². The number of rotatable bonds is 4. The van der Waals surface area contributed by atoms with Crippen LogP contribution in [-0.2, 0) is 14.3 Å². The van der Waals surface area contributed by atoms with Crippen molar-refractivity contribution in [2.24, 2.45) is 5.16 Å². The number of hydrogen-bond acceptors (Lipinski definition) is 6. The molecule has 0 saturated heterocycles. The highest BCUT2D eigenvalue weighted by atomic mass is 16.5. The summed E-state index contributed by atoms with van der Waals surface area (Å²) in [6.07, 6.45) is 7.28. The summed E-state index contributed by atoms with van der Waals surface area (Å²) in [5.41, 5.74) is 2.47. The highest BCUT2D eigenvalue weighted by Crippen LogP contribution is 2.18. The van der Waals surface area contributed by atoms with Crippen LogP contribution in [0.4, 0.5) is 0 Å². The molecule has 0 atom stereocenters. The van der Waals surface area contributed by atoms with E-state index in [4.69, 9.17) is 4.74 Å². The van der Waals surface area contributed by atoms with Gasteiger partial charge < -0.3 is 14.7 Å². The molecule has 6 nitrogen and oxygen atoms in total. The lowest BCUT2D eigenvalue weighted by Crippen LogP contribution is -2.06. The van der Waals surface area contributed by atoms with Crippen molar-refractivity contribution < 1.29 is 24.3 Å².